The van der Waals surface area contributed by atoms with Gasteiger partial charge in [0, 0.05) is 38.4 Å². The van der Waals surface area contributed by atoms with Gasteiger partial charge in [0.25, 0.3) is 0 Å². The molecule has 1 aromatic rings. The minimum absolute atomic E-state index is 0.276. The van der Waals surface area contributed by atoms with E-state index in [1.807, 2.05) is 18.3 Å². The number of likely N-dealkylation sites (tertiary alicyclic amines) is 1. The largest absolute Gasteiger partial charge is 0.481 e. The van der Waals surface area contributed by atoms with Crippen molar-refractivity contribution in [1.82, 2.24) is 15.2 Å². The van der Waals surface area contributed by atoms with Gasteiger partial charge in [-0.3, -0.25) is 14.7 Å². The van der Waals surface area contributed by atoms with Gasteiger partial charge in [0.2, 0.25) is 0 Å². The van der Waals surface area contributed by atoms with Gasteiger partial charge in [-0.1, -0.05) is 19.9 Å². The van der Waals surface area contributed by atoms with Crippen LogP contribution in [0, 0.1) is 11.8 Å². The van der Waals surface area contributed by atoms with Crippen molar-refractivity contribution in [3.05, 3.63) is 30.1 Å². The molecule has 128 valence electrons. The molecule has 1 aliphatic heterocycles. The van der Waals surface area contributed by atoms with Crippen molar-refractivity contribution in [3.63, 3.8) is 0 Å². The number of nitrogens with zero attached hydrogens (tertiary/aromatic N) is 2. The molecule has 2 heterocycles. The highest BCUT2D eigenvalue weighted by molar-refractivity contribution is 5.70. The van der Waals surface area contributed by atoms with Crippen LogP contribution in [0.2, 0.25) is 0 Å². The van der Waals surface area contributed by atoms with Crippen LogP contribution in [0.25, 0.3) is 0 Å². The lowest BCUT2D eigenvalue weighted by Crippen LogP contribution is -2.44. The van der Waals surface area contributed by atoms with Crippen LogP contribution < -0.4 is 5.32 Å². The summed E-state index contributed by atoms with van der Waals surface area (Å²) in [5.74, 6) is -0.543. The van der Waals surface area contributed by atoms with Gasteiger partial charge in [0.15, 0.2) is 0 Å². The Labute approximate surface area is 139 Å². The van der Waals surface area contributed by atoms with Crippen molar-refractivity contribution in [1.29, 1.82) is 0 Å². The number of aromatic nitrogens is 1. The van der Waals surface area contributed by atoms with Gasteiger partial charge in [-0.05, 0) is 37.3 Å². The maximum absolute atomic E-state index is 11.3. The molecule has 1 atom stereocenters. The average Bonchev–Trinajstić information content (AvgIpc) is 2.53. The Morgan fingerprint density at radius 2 is 2.13 bits per heavy atom. The number of hydrogen-bond acceptors (Lipinski definition) is 4. The Hall–Kier alpha value is -1.46. The fraction of sp³-hybridized carbons (Fsp3) is 0.667. The van der Waals surface area contributed by atoms with Gasteiger partial charge in [0.1, 0.15) is 0 Å². The first kappa shape index (κ1) is 17.9. The molecular formula is C18H29N3O2. The first-order valence-electron chi connectivity index (χ1n) is 8.63. The second kappa shape index (κ2) is 8.99. The summed E-state index contributed by atoms with van der Waals surface area (Å²) in [5.41, 5.74) is 1.11. The Morgan fingerprint density at radius 1 is 1.39 bits per heavy atom. The number of piperidine rings is 1. The van der Waals surface area contributed by atoms with Crippen molar-refractivity contribution in [2.24, 2.45) is 11.8 Å². The minimum Gasteiger partial charge on any atom is -0.481 e. The van der Waals surface area contributed by atoms with E-state index in [1.165, 1.54) is 0 Å². The zero-order valence-electron chi connectivity index (χ0n) is 14.2. The zero-order chi connectivity index (χ0) is 16.7. The Bertz CT molecular complexity index is 470. The van der Waals surface area contributed by atoms with E-state index in [0.717, 1.165) is 44.6 Å². The molecule has 5 nitrogen and oxygen atoms in total. The molecule has 1 aliphatic rings. The molecule has 2 N–H and O–H groups in total. The lowest BCUT2D eigenvalue weighted by Gasteiger charge is -2.32. The third-order valence-electron chi connectivity index (χ3n) is 4.46. The molecule has 0 saturated carbocycles. The maximum Gasteiger partial charge on any atom is 0.307 e. The Kier molecular flexibility index (Phi) is 6.99. The zero-order valence-corrected chi connectivity index (χ0v) is 14.2. The molecule has 1 fully saturated rings. The maximum atomic E-state index is 11.3. The van der Waals surface area contributed by atoms with E-state index < -0.39 is 5.97 Å². The summed E-state index contributed by atoms with van der Waals surface area (Å²) in [6.07, 6.45) is 4.72. The van der Waals surface area contributed by atoms with Gasteiger partial charge >= 0.3 is 5.97 Å². The van der Waals surface area contributed by atoms with Crippen molar-refractivity contribution in [2.45, 2.75) is 45.7 Å². The number of nitrogens with one attached hydrogen (secondary N) is 1. The van der Waals surface area contributed by atoms with Gasteiger partial charge in [0.05, 0.1) is 11.6 Å². The fourth-order valence-electron chi connectivity index (χ4n) is 3.17. The highest BCUT2D eigenvalue weighted by Crippen LogP contribution is 2.15. The van der Waals surface area contributed by atoms with Crippen LogP contribution in [0.4, 0.5) is 0 Å². The van der Waals surface area contributed by atoms with Gasteiger partial charge in [-0.15, -0.1) is 0 Å². The van der Waals surface area contributed by atoms with Crippen LogP contribution in [-0.2, 0) is 11.3 Å². The van der Waals surface area contributed by atoms with Crippen LogP contribution in [0.1, 0.15) is 38.8 Å². The van der Waals surface area contributed by atoms with E-state index in [1.54, 1.807) is 0 Å². The highest BCUT2D eigenvalue weighted by atomic mass is 16.4. The van der Waals surface area contributed by atoms with Gasteiger partial charge in [-0.25, -0.2) is 0 Å². The first-order chi connectivity index (χ1) is 11.0. The number of aliphatic carboxylic acids is 1. The van der Waals surface area contributed by atoms with Gasteiger partial charge < -0.3 is 10.4 Å². The predicted octanol–water partition coefficient (Wildman–Crippen LogP) is 2.38. The molecule has 0 bridgehead atoms. The molecule has 1 aromatic heterocycles. The average molecular weight is 319 g/mol. The van der Waals surface area contributed by atoms with Crippen LogP contribution in [0.5, 0.6) is 0 Å². The number of hydrogen-bond donors (Lipinski definition) is 2. The lowest BCUT2D eigenvalue weighted by molar-refractivity contribution is -0.142. The molecule has 5 heteroatoms. The summed E-state index contributed by atoms with van der Waals surface area (Å²) in [7, 11) is 0. The normalized spacial score (nSPS) is 18.2. The van der Waals surface area contributed by atoms with Gasteiger partial charge in [-0.2, -0.15) is 0 Å². The van der Waals surface area contributed by atoms with E-state index in [2.05, 4.69) is 35.1 Å². The summed E-state index contributed by atoms with van der Waals surface area (Å²) >= 11 is 0. The predicted molar refractivity (Wildman–Crippen MR) is 91.1 cm³/mol. The molecule has 1 unspecified atom stereocenters. The fourth-order valence-corrected chi connectivity index (χ4v) is 3.17. The molecule has 1 saturated heterocycles. The summed E-state index contributed by atoms with van der Waals surface area (Å²) in [5, 5.41) is 12.8. The quantitative estimate of drug-likeness (QED) is 0.770. The standard InChI is InChI=1S/C18H29N3O2/c1-14(2)11-15(18(22)23)12-20-16-6-9-21(10-7-16)13-17-5-3-4-8-19-17/h3-5,8,14-16,20H,6-7,9-13H2,1-2H3,(H,22,23). The van der Waals surface area contributed by atoms with Crippen LogP contribution >= 0.6 is 0 Å². The van der Waals surface area contributed by atoms with E-state index in [4.69, 9.17) is 0 Å². The first-order valence-corrected chi connectivity index (χ1v) is 8.63. The van der Waals surface area contributed by atoms with Crippen LogP contribution in [0.3, 0.4) is 0 Å². The van der Waals surface area contributed by atoms with E-state index in [0.29, 0.717) is 18.5 Å². The topological polar surface area (TPSA) is 65.5 Å². The number of pyridine rings is 1. The van der Waals surface area contributed by atoms with E-state index >= 15 is 0 Å². The molecule has 0 aliphatic carbocycles. The third kappa shape index (κ3) is 6.28. The molecular weight excluding hydrogens is 290 g/mol. The molecule has 0 spiro atoms. The van der Waals surface area contributed by atoms with Crippen molar-refractivity contribution < 1.29 is 9.90 Å². The molecule has 23 heavy (non-hydrogen) atoms. The molecule has 0 aromatic carbocycles. The van der Waals surface area contributed by atoms with E-state index in [9.17, 15) is 9.90 Å². The number of carboxylic acid groups (broad SMARTS) is 1. The van der Waals surface area contributed by atoms with E-state index in [-0.39, 0.29) is 5.92 Å². The second-order valence-corrected chi connectivity index (χ2v) is 6.94. The summed E-state index contributed by atoms with van der Waals surface area (Å²) < 4.78 is 0. The minimum atomic E-state index is -0.682. The molecule has 2 rings (SSSR count). The SMILES string of the molecule is CC(C)CC(CNC1CCN(Cc2ccccn2)CC1)C(=O)O. The van der Waals surface area contributed by atoms with Crippen LogP contribution in [-0.4, -0.2) is 46.6 Å². The number of carbonyl (C=O) groups is 1. The monoisotopic (exact) mass is 319 g/mol. The second-order valence-electron chi connectivity index (χ2n) is 6.94. The van der Waals surface area contributed by atoms with Crippen molar-refractivity contribution >= 4 is 5.97 Å². The summed E-state index contributed by atoms with van der Waals surface area (Å²) in [4.78, 5) is 18.1. The molecule has 0 radical (unpaired) electrons. The number of carboxylic acids is 1. The molecule has 0 amide bonds. The van der Waals surface area contributed by atoms with Crippen LogP contribution in [0.15, 0.2) is 24.4 Å². The van der Waals surface area contributed by atoms with Crippen molar-refractivity contribution in [2.75, 3.05) is 19.6 Å². The lowest BCUT2D eigenvalue weighted by atomic mass is 9.96. The number of rotatable bonds is 8. The smallest absolute Gasteiger partial charge is 0.307 e. The highest BCUT2D eigenvalue weighted by Gasteiger charge is 2.23. The van der Waals surface area contributed by atoms with Crippen molar-refractivity contribution in [3.8, 4) is 0 Å². The Balaban J connectivity index is 1.71. The third-order valence-corrected chi connectivity index (χ3v) is 4.46. The summed E-state index contributed by atoms with van der Waals surface area (Å²) in [6, 6.07) is 6.46. The summed E-state index contributed by atoms with van der Waals surface area (Å²) in [6.45, 7) is 7.71. The Morgan fingerprint density at radius 3 is 2.70 bits per heavy atom.